The SMILES string of the molecule is CCc1ccc(/C=C2/C(=O)N(C[C@H]3CCCO3)C(C)=C2C(=O)OC)cc1. The van der Waals surface area contributed by atoms with Crippen molar-refractivity contribution in [1.29, 1.82) is 0 Å². The number of carbonyl (C=O) groups excluding carboxylic acids is 2. The molecule has 0 bridgehead atoms. The zero-order chi connectivity index (χ0) is 18.7. The van der Waals surface area contributed by atoms with Gasteiger partial charge in [0.2, 0.25) is 0 Å². The molecule has 0 radical (unpaired) electrons. The summed E-state index contributed by atoms with van der Waals surface area (Å²) in [7, 11) is 1.34. The summed E-state index contributed by atoms with van der Waals surface area (Å²) in [6.45, 7) is 5.08. The Balaban J connectivity index is 1.94. The van der Waals surface area contributed by atoms with Crippen LogP contribution in [0.1, 0.15) is 37.8 Å². The van der Waals surface area contributed by atoms with Crippen molar-refractivity contribution in [3.63, 3.8) is 0 Å². The molecule has 1 amide bonds. The highest BCUT2D eigenvalue weighted by atomic mass is 16.5. The third-order valence-electron chi connectivity index (χ3n) is 5.01. The molecule has 1 saturated heterocycles. The predicted molar refractivity (Wildman–Crippen MR) is 99.2 cm³/mol. The van der Waals surface area contributed by atoms with E-state index in [0.717, 1.165) is 31.4 Å². The maximum atomic E-state index is 13.0. The summed E-state index contributed by atoms with van der Waals surface area (Å²) in [6, 6.07) is 7.99. The lowest BCUT2D eigenvalue weighted by Crippen LogP contribution is -2.33. The van der Waals surface area contributed by atoms with Gasteiger partial charge in [0.15, 0.2) is 0 Å². The van der Waals surface area contributed by atoms with E-state index in [9.17, 15) is 9.59 Å². The molecule has 2 aliphatic heterocycles. The molecule has 0 aromatic heterocycles. The third-order valence-corrected chi connectivity index (χ3v) is 5.01. The van der Waals surface area contributed by atoms with Gasteiger partial charge in [0.1, 0.15) is 0 Å². The van der Waals surface area contributed by atoms with Crippen LogP contribution in [0.5, 0.6) is 0 Å². The second-order valence-corrected chi connectivity index (χ2v) is 6.66. The Morgan fingerprint density at radius 1 is 1.35 bits per heavy atom. The molecule has 0 aliphatic carbocycles. The van der Waals surface area contributed by atoms with E-state index in [0.29, 0.717) is 23.4 Å². The van der Waals surface area contributed by atoms with Crippen molar-refractivity contribution >= 4 is 18.0 Å². The van der Waals surface area contributed by atoms with Gasteiger partial charge in [-0.25, -0.2) is 4.79 Å². The van der Waals surface area contributed by atoms with Crippen molar-refractivity contribution in [2.45, 2.75) is 39.2 Å². The molecule has 1 aromatic rings. The highest BCUT2D eigenvalue weighted by molar-refractivity contribution is 6.16. The van der Waals surface area contributed by atoms with Crippen LogP contribution < -0.4 is 0 Å². The number of hydrogen-bond acceptors (Lipinski definition) is 4. The number of allylic oxidation sites excluding steroid dienone is 1. The van der Waals surface area contributed by atoms with E-state index < -0.39 is 5.97 Å². The summed E-state index contributed by atoms with van der Waals surface area (Å²) in [5.74, 6) is -0.653. The van der Waals surface area contributed by atoms with Gasteiger partial charge in [-0.15, -0.1) is 0 Å². The molecule has 0 unspecified atom stereocenters. The van der Waals surface area contributed by atoms with E-state index >= 15 is 0 Å². The molecular formula is C21H25NO4. The summed E-state index contributed by atoms with van der Waals surface area (Å²) >= 11 is 0. The van der Waals surface area contributed by atoms with Crippen LogP contribution in [0.25, 0.3) is 6.08 Å². The Morgan fingerprint density at radius 2 is 2.08 bits per heavy atom. The van der Waals surface area contributed by atoms with Crippen LogP contribution in [0.4, 0.5) is 0 Å². The van der Waals surface area contributed by atoms with Gasteiger partial charge in [0, 0.05) is 12.3 Å². The van der Waals surface area contributed by atoms with Gasteiger partial charge < -0.3 is 14.4 Å². The first kappa shape index (κ1) is 18.4. The molecule has 3 rings (SSSR count). The average molecular weight is 355 g/mol. The number of hydrogen-bond donors (Lipinski definition) is 0. The first-order valence-corrected chi connectivity index (χ1v) is 9.08. The fourth-order valence-electron chi connectivity index (χ4n) is 3.46. The first-order chi connectivity index (χ1) is 12.5. The summed E-state index contributed by atoms with van der Waals surface area (Å²) in [4.78, 5) is 27.0. The zero-order valence-corrected chi connectivity index (χ0v) is 15.6. The Hall–Kier alpha value is -2.40. The molecule has 5 nitrogen and oxygen atoms in total. The first-order valence-electron chi connectivity index (χ1n) is 9.08. The molecule has 138 valence electrons. The van der Waals surface area contributed by atoms with Crippen LogP contribution in [-0.4, -0.2) is 43.1 Å². The predicted octanol–water partition coefficient (Wildman–Crippen LogP) is 3.10. The van der Waals surface area contributed by atoms with Crippen molar-refractivity contribution < 1.29 is 19.1 Å². The van der Waals surface area contributed by atoms with Gasteiger partial charge in [-0.2, -0.15) is 0 Å². The van der Waals surface area contributed by atoms with Crippen molar-refractivity contribution in [1.82, 2.24) is 4.90 Å². The smallest absolute Gasteiger partial charge is 0.340 e. The minimum Gasteiger partial charge on any atom is -0.465 e. The normalized spacial score (nSPS) is 21.8. The van der Waals surface area contributed by atoms with Crippen LogP contribution in [0, 0.1) is 0 Å². The minimum atomic E-state index is -0.484. The maximum Gasteiger partial charge on any atom is 0.340 e. The van der Waals surface area contributed by atoms with Crippen LogP contribution in [0.3, 0.4) is 0 Å². The fraction of sp³-hybridized carbons (Fsp3) is 0.429. The highest BCUT2D eigenvalue weighted by Crippen LogP contribution is 2.32. The lowest BCUT2D eigenvalue weighted by atomic mass is 10.0. The third kappa shape index (κ3) is 3.58. The van der Waals surface area contributed by atoms with E-state index in [4.69, 9.17) is 9.47 Å². The molecule has 0 spiro atoms. The van der Waals surface area contributed by atoms with Gasteiger partial charge in [0.05, 0.1) is 30.9 Å². The van der Waals surface area contributed by atoms with Crippen LogP contribution >= 0.6 is 0 Å². The molecule has 1 atom stereocenters. The Kier molecular flexibility index (Phi) is 5.57. The monoisotopic (exact) mass is 355 g/mol. The Bertz CT molecular complexity index is 755. The lowest BCUT2D eigenvalue weighted by Gasteiger charge is -2.21. The van der Waals surface area contributed by atoms with Gasteiger partial charge >= 0.3 is 5.97 Å². The molecule has 1 fully saturated rings. The van der Waals surface area contributed by atoms with Gasteiger partial charge in [-0.3, -0.25) is 4.79 Å². The second-order valence-electron chi connectivity index (χ2n) is 6.66. The van der Waals surface area contributed by atoms with Crippen LogP contribution in [-0.2, 0) is 25.5 Å². The summed E-state index contributed by atoms with van der Waals surface area (Å²) in [6.07, 6.45) is 4.69. The van der Waals surface area contributed by atoms with Gasteiger partial charge in [-0.05, 0) is 43.4 Å². The molecule has 2 aliphatic rings. The molecule has 1 aromatic carbocycles. The number of ether oxygens (including phenoxy) is 2. The molecule has 26 heavy (non-hydrogen) atoms. The molecule has 0 N–H and O–H groups in total. The van der Waals surface area contributed by atoms with Gasteiger partial charge in [0.25, 0.3) is 5.91 Å². The second kappa shape index (κ2) is 7.87. The van der Waals surface area contributed by atoms with Gasteiger partial charge in [-0.1, -0.05) is 31.2 Å². The molecular weight excluding hydrogens is 330 g/mol. The quantitative estimate of drug-likeness (QED) is 0.602. The van der Waals surface area contributed by atoms with E-state index in [1.54, 1.807) is 17.9 Å². The van der Waals surface area contributed by atoms with Crippen molar-refractivity contribution in [3.8, 4) is 0 Å². The molecule has 0 saturated carbocycles. The fourth-order valence-corrected chi connectivity index (χ4v) is 3.46. The maximum absolute atomic E-state index is 13.0. The average Bonchev–Trinajstić information content (AvgIpc) is 3.25. The van der Waals surface area contributed by atoms with Crippen molar-refractivity contribution in [2.75, 3.05) is 20.3 Å². The summed E-state index contributed by atoms with van der Waals surface area (Å²) in [5.41, 5.74) is 3.48. The molecule has 2 heterocycles. The van der Waals surface area contributed by atoms with E-state index in [1.807, 2.05) is 24.3 Å². The number of rotatable bonds is 5. The standard InChI is InChI=1S/C21H25NO4/c1-4-15-7-9-16(10-8-15)12-18-19(21(24)25-3)14(2)22(20(18)23)13-17-6-5-11-26-17/h7-10,12,17H,4-6,11,13H2,1-3H3/b18-12+/t17-/m1/s1. The number of methoxy groups -OCH3 is 1. The summed E-state index contributed by atoms with van der Waals surface area (Å²) < 4.78 is 10.6. The summed E-state index contributed by atoms with van der Waals surface area (Å²) in [5, 5.41) is 0. The number of nitrogens with zero attached hydrogens (tertiary/aromatic N) is 1. The Morgan fingerprint density at radius 3 is 2.65 bits per heavy atom. The zero-order valence-electron chi connectivity index (χ0n) is 15.6. The topological polar surface area (TPSA) is 55.8 Å². The number of aryl methyl sites for hydroxylation is 1. The Labute approximate surface area is 154 Å². The van der Waals surface area contributed by atoms with E-state index in [-0.39, 0.29) is 12.0 Å². The number of benzene rings is 1. The number of esters is 1. The largest absolute Gasteiger partial charge is 0.465 e. The number of amides is 1. The molecule has 5 heteroatoms. The minimum absolute atomic E-state index is 0.0241. The van der Waals surface area contributed by atoms with Crippen molar-refractivity contribution in [3.05, 3.63) is 52.2 Å². The van der Waals surface area contributed by atoms with E-state index in [1.165, 1.54) is 12.7 Å². The van der Waals surface area contributed by atoms with Crippen LogP contribution in [0.15, 0.2) is 41.1 Å². The number of carbonyl (C=O) groups is 2. The van der Waals surface area contributed by atoms with E-state index in [2.05, 4.69) is 6.92 Å². The van der Waals surface area contributed by atoms with Crippen LogP contribution in [0.2, 0.25) is 0 Å². The van der Waals surface area contributed by atoms with Crippen molar-refractivity contribution in [2.24, 2.45) is 0 Å². The lowest BCUT2D eigenvalue weighted by molar-refractivity contribution is -0.136. The highest BCUT2D eigenvalue weighted by Gasteiger charge is 2.38.